The number of carbonyl (C=O) groups is 1. The first-order valence-electron chi connectivity index (χ1n) is 13.3. The van der Waals surface area contributed by atoms with Gasteiger partial charge in [0.1, 0.15) is 11.9 Å². The van der Waals surface area contributed by atoms with Gasteiger partial charge in [0.15, 0.2) is 0 Å². The third-order valence-corrected chi connectivity index (χ3v) is 9.67. The second-order valence-corrected chi connectivity index (χ2v) is 13.3. The van der Waals surface area contributed by atoms with Gasteiger partial charge in [0.2, 0.25) is 10.0 Å². The molecule has 1 aliphatic heterocycles. The molecule has 10 heteroatoms. The van der Waals surface area contributed by atoms with Gasteiger partial charge in [-0.05, 0) is 79.5 Å². The van der Waals surface area contributed by atoms with Gasteiger partial charge in [0.25, 0.3) is 0 Å². The number of hydrogen-bond acceptors (Lipinski definition) is 6. The van der Waals surface area contributed by atoms with Crippen LogP contribution in [0.1, 0.15) is 36.8 Å². The Morgan fingerprint density at radius 2 is 2.10 bits per heavy atom. The molecule has 1 spiro atoms. The van der Waals surface area contributed by atoms with Crippen LogP contribution in [0.2, 0.25) is 5.02 Å². The van der Waals surface area contributed by atoms with E-state index < -0.39 is 22.2 Å². The first-order chi connectivity index (χ1) is 18.5. The van der Waals surface area contributed by atoms with Crippen molar-refractivity contribution in [2.45, 2.75) is 48.5 Å². The maximum Gasteiger partial charge on any atom is 0.409 e. The van der Waals surface area contributed by atoms with E-state index in [1.54, 1.807) is 32.3 Å². The highest BCUT2D eigenvalue weighted by atomic mass is 35.5. The second kappa shape index (κ2) is 10.7. The lowest BCUT2D eigenvalue weighted by Crippen LogP contribution is -2.50. The lowest BCUT2D eigenvalue weighted by Gasteiger charge is -2.46. The molecule has 210 valence electrons. The number of nitrogens with zero attached hydrogens (tertiary/aromatic N) is 2. The summed E-state index contributed by atoms with van der Waals surface area (Å²) >= 11 is 6.35. The Morgan fingerprint density at radius 1 is 1.31 bits per heavy atom. The van der Waals surface area contributed by atoms with Crippen LogP contribution in [0.5, 0.6) is 5.75 Å². The Morgan fingerprint density at radius 3 is 2.77 bits per heavy atom. The van der Waals surface area contributed by atoms with E-state index >= 15 is 0 Å². The van der Waals surface area contributed by atoms with E-state index in [4.69, 9.17) is 26.2 Å². The standard InChI is InChI=1S/C29H36ClN3O5S/c1-4-26(38-28(34)32(2)3)23-10-7-20(23)16-33-17-29(13-5-6-19-14-21(30)8-11-24(19)29)18-37-27-12-9-22(15-25(27)33)39(31,35)36/h4,8-9,11-12,14-15,20,23,26H,1,5-7,10,13,16-18H2,2-3H3,(H2,31,35,36)/t20-,23+,26?,29-/m0/s1. The number of fused-ring (bicyclic) bond motifs is 3. The Bertz CT molecular complexity index is 1380. The average Bonchev–Trinajstić information content (AvgIpc) is 3.02. The molecule has 39 heavy (non-hydrogen) atoms. The molecule has 1 fully saturated rings. The summed E-state index contributed by atoms with van der Waals surface area (Å²) in [6.07, 6.45) is 5.71. The number of carbonyl (C=O) groups excluding carboxylic acids is 1. The van der Waals surface area contributed by atoms with Crippen molar-refractivity contribution in [1.82, 2.24) is 4.90 Å². The number of aryl methyl sites for hydroxylation is 1. The normalized spacial score (nSPS) is 24.9. The number of rotatable bonds is 6. The van der Waals surface area contributed by atoms with E-state index in [0.717, 1.165) is 37.1 Å². The summed E-state index contributed by atoms with van der Waals surface area (Å²) < 4.78 is 36.7. The van der Waals surface area contributed by atoms with E-state index in [1.165, 1.54) is 22.1 Å². The highest BCUT2D eigenvalue weighted by molar-refractivity contribution is 7.89. The zero-order valence-electron chi connectivity index (χ0n) is 22.4. The molecule has 1 unspecified atom stereocenters. The predicted octanol–water partition coefficient (Wildman–Crippen LogP) is 4.74. The zero-order chi connectivity index (χ0) is 27.9. The number of anilines is 1. The Labute approximate surface area is 235 Å². The summed E-state index contributed by atoms with van der Waals surface area (Å²) in [7, 11) is -0.582. The van der Waals surface area contributed by atoms with Crippen molar-refractivity contribution in [2.75, 3.05) is 38.7 Å². The summed E-state index contributed by atoms with van der Waals surface area (Å²) in [5, 5.41) is 6.23. The van der Waals surface area contributed by atoms with Crippen LogP contribution in [0.4, 0.5) is 10.5 Å². The number of nitrogens with two attached hydrogens (primary N) is 1. The van der Waals surface area contributed by atoms with Crippen molar-refractivity contribution < 1.29 is 22.7 Å². The van der Waals surface area contributed by atoms with Gasteiger partial charge in [-0.25, -0.2) is 18.4 Å². The minimum Gasteiger partial charge on any atom is -0.490 e. The Hall–Kier alpha value is -2.75. The molecular weight excluding hydrogens is 538 g/mol. The summed E-state index contributed by atoms with van der Waals surface area (Å²) in [4.78, 5) is 16.0. The fourth-order valence-corrected chi connectivity index (χ4v) is 7.07. The summed E-state index contributed by atoms with van der Waals surface area (Å²) in [6.45, 7) is 5.71. The smallest absolute Gasteiger partial charge is 0.409 e. The maximum absolute atomic E-state index is 12.3. The van der Waals surface area contributed by atoms with Gasteiger partial charge in [-0.2, -0.15) is 0 Å². The zero-order valence-corrected chi connectivity index (χ0v) is 24.0. The third-order valence-electron chi connectivity index (χ3n) is 8.52. The summed E-state index contributed by atoms with van der Waals surface area (Å²) in [6, 6.07) is 10.9. The van der Waals surface area contributed by atoms with Crippen molar-refractivity contribution in [2.24, 2.45) is 17.0 Å². The Kier molecular flexibility index (Phi) is 7.61. The van der Waals surface area contributed by atoms with Crippen LogP contribution < -0.4 is 14.8 Å². The third kappa shape index (κ3) is 5.49. The second-order valence-electron chi connectivity index (χ2n) is 11.3. The average molecular weight is 574 g/mol. The molecule has 2 N–H and O–H groups in total. The van der Waals surface area contributed by atoms with E-state index in [9.17, 15) is 13.2 Å². The van der Waals surface area contributed by atoms with Crippen molar-refractivity contribution in [3.05, 3.63) is 65.2 Å². The van der Waals surface area contributed by atoms with E-state index in [2.05, 4.69) is 23.6 Å². The molecule has 0 radical (unpaired) electrons. The first kappa shape index (κ1) is 27.8. The molecule has 4 atom stereocenters. The van der Waals surface area contributed by atoms with Crippen LogP contribution in [0.15, 0.2) is 53.9 Å². The molecule has 1 amide bonds. The fourth-order valence-electron chi connectivity index (χ4n) is 6.34. The molecule has 0 aromatic heterocycles. The highest BCUT2D eigenvalue weighted by Crippen LogP contribution is 2.47. The number of hydrogen-bond donors (Lipinski definition) is 1. The van der Waals surface area contributed by atoms with Crippen LogP contribution in [0.3, 0.4) is 0 Å². The Balaban J connectivity index is 1.51. The van der Waals surface area contributed by atoms with Crippen molar-refractivity contribution in [1.29, 1.82) is 0 Å². The molecule has 3 aliphatic rings. The van der Waals surface area contributed by atoms with Gasteiger partial charge in [0, 0.05) is 43.5 Å². The SMILES string of the molecule is C=CC(OC(=O)N(C)C)[C@@H]1CC[C@H]1CN1C[C@@]2(CCCc3cc(Cl)ccc32)COc2ccc(S(N)(=O)=O)cc21. The molecule has 1 heterocycles. The quantitative estimate of drug-likeness (QED) is 0.501. The number of amides is 1. The van der Waals surface area contributed by atoms with Gasteiger partial charge in [0.05, 0.1) is 17.2 Å². The summed E-state index contributed by atoms with van der Waals surface area (Å²) in [5.74, 6) is 0.974. The van der Waals surface area contributed by atoms with Crippen LogP contribution in [-0.4, -0.2) is 59.3 Å². The molecule has 0 saturated heterocycles. The molecule has 1 saturated carbocycles. The van der Waals surface area contributed by atoms with E-state index in [1.807, 2.05) is 6.07 Å². The van der Waals surface area contributed by atoms with Crippen molar-refractivity contribution in [3.8, 4) is 5.75 Å². The number of ether oxygens (including phenoxy) is 2. The minimum atomic E-state index is -3.90. The molecular formula is C29H36ClN3O5S. The van der Waals surface area contributed by atoms with Crippen LogP contribution in [0.25, 0.3) is 0 Å². The minimum absolute atomic E-state index is 0.0515. The van der Waals surface area contributed by atoms with Crippen LogP contribution >= 0.6 is 11.6 Å². The molecule has 5 rings (SSSR count). The van der Waals surface area contributed by atoms with Gasteiger partial charge < -0.3 is 19.3 Å². The monoisotopic (exact) mass is 573 g/mol. The number of benzene rings is 2. The predicted molar refractivity (Wildman–Crippen MR) is 152 cm³/mol. The van der Waals surface area contributed by atoms with Gasteiger partial charge >= 0.3 is 6.09 Å². The van der Waals surface area contributed by atoms with Gasteiger partial charge in [-0.15, -0.1) is 0 Å². The molecule has 2 aliphatic carbocycles. The number of sulfonamides is 1. The van der Waals surface area contributed by atoms with Gasteiger partial charge in [-0.1, -0.05) is 30.3 Å². The van der Waals surface area contributed by atoms with Crippen LogP contribution in [0, 0.1) is 11.8 Å². The van der Waals surface area contributed by atoms with Crippen molar-refractivity contribution in [3.63, 3.8) is 0 Å². The lowest BCUT2D eigenvalue weighted by atomic mass is 9.68. The van der Waals surface area contributed by atoms with Gasteiger partial charge in [-0.3, -0.25) is 0 Å². The van der Waals surface area contributed by atoms with E-state index in [-0.39, 0.29) is 22.1 Å². The van der Waals surface area contributed by atoms with Crippen LogP contribution in [-0.2, 0) is 26.6 Å². The number of halogens is 1. The topological polar surface area (TPSA) is 102 Å². The van der Waals surface area contributed by atoms with E-state index in [0.29, 0.717) is 31.1 Å². The lowest BCUT2D eigenvalue weighted by molar-refractivity contribution is 0.0143. The fraction of sp³-hybridized carbons (Fsp3) is 0.483. The molecule has 0 bridgehead atoms. The van der Waals surface area contributed by atoms with Crippen molar-refractivity contribution >= 4 is 33.4 Å². The first-order valence-corrected chi connectivity index (χ1v) is 15.3. The maximum atomic E-state index is 12.3. The summed E-state index contributed by atoms with van der Waals surface area (Å²) in [5.41, 5.74) is 2.90. The number of primary sulfonamides is 1. The highest BCUT2D eigenvalue weighted by Gasteiger charge is 2.44. The molecule has 2 aromatic rings. The molecule has 8 nitrogen and oxygen atoms in total. The largest absolute Gasteiger partial charge is 0.490 e. The molecule has 2 aromatic carbocycles.